The molecular weight excluding hydrogens is 332 g/mol. The summed E-state index contributed by atoms with van der Waals surface area (Å²) in [6.45, 7) is 6.17. The molecule has 0 aliphatic heterocycles. The fourth-order valence-electron chi connectivity index (χ4n) is 1.77. The second-order valence-electron chi connectivity index (χ2n) is 5.95. The van der Waals surface area contributed by atoms with Crippen LogP contribution in [0.25, 0.3) is 11.1 Å². The molecule has 120 valence electrons. The fourth-order valence-corrected chi connectivity index (χ4v) is 3.23. The molecule has 0 saturated heterocycles. The van der Waals surface area contributed by atoms with Gasteiger partial charge in [0.15, 0.2) is 5.58 Å². The van der Waals surface area contributed by atoms with Crippen molar-refractivity contribution in [2.75, 3.05) is 11.1 Å². The molecule has 0 saturated carbocycles. The Labute approximate surface area is 141 Å². The van der Waals surface area contributed by atoms with Crippen LogP contribution in [0.5, 0.6) is 0 Å². The molecule has 0 spiro atoms. The van der Waals surface area contributed by atoms with Crippen LogP contribution in [-0.4, -0.2) is 26.8 Å². The normalized spacial score (nSPS) is 11.8. The second kappa shape index (κ2) is 6.29. The molecule has 1 N–H and O–H groups in total. The summed E-state index contributed by atoms with van der Waals surface area (Å²) in [6.07, 6.45) is 0. The Balaban J connectivity index is 1.58. The first-order valence-electron chi connectivity index (χ1n) is 7.04. The van der Waals surface area contributed by atoms with Crippen LogP contribution in [0.15, 0.2) is 33.9 Å². The maximum atomic E-state index is 12.0. The van der Waals surface area contributed by atoms with Crippen LogP contribution in [0.4, 0.5) is 5.13 Å². The molecule has 6 nitrogen and oxygen atoms in total. The molecule has 8 heteroatoms. The Hall–Kier alpha value is -1.93. The molecule has 3 aromatic rings. The zero-order valence-corrected chi connectivity index (χ0v) is 14.6. The lowest BCUT2D eigenvalue weighted by atomic mass is 9.98. The lowest BCUT2D eigenvalue weighted by Crippen LogP contribution is -2.13. The molecule has 2 heterocycles. The number of nitrogens with zero attached hydrogens (tertiary/aromatic N) is 3. The summed E-state index contributed by atoms with van der Waals surface area (Å²) in [5.41, 5.74) is 1.43. The summed E-state index contributed by atoms with van der Waals surface area (Å²) in [5, 5.41) is 12.7. The van der Waals surface area contributed by atoms with E-state index in [-0.39, 0.29) is 17.1 Å². The first-order valence-corrected chi connectivity index (χ1v) is 8.84. The van der Waals surface area contributed by atoms with Gasteiger partial charge in [-0.15, -0.1) is 10.2 Å². The van der Waals surface area contributed by atoms with Gasteiger partial charge in [-0.3, -0.25) is 10.1 Å². The predicted molar refractivity (Wildman–Crippen MR) is 92.0 cm³/mol. The molecule has 0 aliphatic rings. The number of hydrogen-bond acceptors (Lipinski definition) is 7. The predicted octanol–water partition coefficient (Wildman–Crippen LogP) is 3.71. The summed E-state index contributed by atoms with van der Waals surface area (Å²) in [6, 6.07) is 7.51. The van der Waals surface area contributed by atoms with Crippen molar-refractivity contribution in [2.45, 2.75) is 31.4 Å². The average molecular weight is 348 g/mol. The molecule has 0 bridgehead atoms. The van der Waals surface area contributed by atoms with Crippen LogP contribution >= 0.6 is 23.1 Å². The lowest BCUT2D eigenvalue weighted by Gasteiger charge is -2.12. The summed E-state index contributed by atoms with van der Waals surface area (Å²) in [4.78, 5) is 16.3. The number of rotatable bonds is 4. The number of carbonyl (C=O) groups excluding carboxylic acids is 1. The number of thioether (sulfide) groups is 1. The van der Waals surface area contributed by atoms with Gasteiger partial charge >= 0.3 is 0 Å². The number of nitrogens with one attached hydrogen (secondary N) is 1. The van der Waals surface area contributed by atoms with Gasteiger partial charge in [0, 0.05) is 5.41 Å². The molecule has 0 aliphatic carbocycles. The molecule has 1 aromatic carbocycles. The third kappa shape index (κ3) is 3.89. The number of amides is 1. The number of benzene rings is 1. The van der Waals surface area contributed by atoms with E-state index in [4.69, 9.17) is 4.42 Å². The van der Waals surface area contributed by atoms with Gasteiger partial charge < -0.3 is 4.42 Å². The Kier molecular flexibility index (Phi) is 4.36. The van der Waals surface area contributed by atoms with E-state index in [0.717, 1.165) is 10.5 Å². The van der Waals surface area contributed by atoms with Crippen LogP contribution in [0.3, 0.4) is 0 Å². The smallest absolute Gasteiger partial charge is 0.257 e. The fraction of sp³-hybridized carbons (Fsp3) is 0.333. The minimum absolute atomic E-state index is 0.0758. The average Bonchev–Trinajstić information content (AvgIpc) is 3.10. The zero-order valence-electron chi connectivity index (χ0n) is 13.0. The number of anilines is 1. The highest BCUT2D eigenvalue weighted by Crippen LogP contribution is 2.28. The van der Waals surface area contributed by atoms with Gasteiger partial charge in [0.05, 0.1) is 5.75 Å². The van der Waals surface area contributed by atoms with E-state index in [1.54, 1.807) is 0 Å². The summed E-state index contributed by atoms with van der Waals surface area (Å²) in [5.74, 6) is 0.0472. The monoisotopic (exact) mass is 348 g/mol. The summed E-state index contributed by atoms with van der Waals surface area (Å²) < 4.78 is 5.56. The van der Waals surface area contributed by atoms with Gasteiger partial charge in [-0.05, 0) is 12.1 Å². The van der Waals surface area contributed by atoms with Crippen molar-refractivity contribution in [2.24, 2.45) is 0 Å². The highest BCUT2D eigenvalue weighted by atomic mass is 32.2. The molecule has 2 aromatic heterocycles. The minimum atomic E-state index is -0.158. The van der Waals surface area contributed by atoms with Crippen molar-refractivity contribution in [3.05, 3.63) is 29.3 Å². The Morgan fingerprint density at radius 2 is 2.09 bits per heavy atom. The van der Waals surface area contributed by atoms with E-state index in [1.807, 2.05) is 24.3 Å². The summed E-state index contributed by atoms with van der Waals surface area (Å²) in [7, 11) is 0. The van der Waals surface area contributed by atoms with Crippen molar-refractivity contribution in [1.82, 2.24) is 15.2 Å². The van der Waals surface area contributed by atoms with E-state index in [9.17, 15) is 4.79 Å². The number of hydrogen-bond donors (Lipinski definition) is 1. The van der Waals surface area contributed by atoms with Crippen molar-refractivity contribution in [1.29, 1.82) is 0 Å². The highest BCUT2D eigenvalue weighted by molar-refractivity contribution is 7.99. The van der Waals surface area contributed by atoms with Crippen LogP contribution in [0.1, 0.15) is 25.8 Å². The van der Waals surface area contributed by atoms with Crippen LogP contribution < -0.4 is 5.32 Å². The maximum Gasteiger partial charge on any atom is 0.257 e. The number of para-hydroxylation sites is 2. The van der Waals surface area contributed by atoms with Gasteiger partial charge in [-0.1, -0.05) is 56.0 Å². The van der Waals surface area contributed by atoms with E-state index >= 15 is 0 Å². The number of fused-ring (bicyclic) bond motifs is 1. The molecule has 0 unspecified atom stereocenters. The maximum absolute atomic E-state index is 12.0. The quantitative estimate of drug-likeness (QED) is 0.724. The second-order valence-corrected chi connectivity index (χ2v) is 7.85. The van der Waals surface area contributed by atoms with Gasteiger partial charge in [-0.2, -0.15) is 0 Å². The third-order valence-corrected chi connectivity index (χ3v) is 5.01. The molecule has 3 rings (SSSR count). The molecule has 1 amide bonds. The standard InChI is InChI=1S/C15H16N4O2S2/c1-15(2,3)12-18-19-13(23-12)17-11(20)8-22-14-16-9-6-4-5-7-10(9)21-14/h4-7H,8H2,1-3H3,(H,17,19,20). The zero-order chi connectivity index (χ0) is 16.4. The lowest BCUT2D eigenvalue weighted by molar-refractivity contribution is -0.113. The highest BCUT2D eigenvalue weighted by Gasteiger charge is 2.20. The summed E-state index contributed by atoms with van der Waals surface area (Å²) >= 11 is 2.64. The van der Waals surface area contributed by atoms with Gasteiger partial charge in [-0.25, -0.2) is 4.98 Å². The Morgan fingerprint density at radius 1 is 1.30 bits per heavy atom. The van der Waals surface area contributed by atoms with Crippen LogP contribution in [-0.2, 0) is 10.2 Å². The Bertz CT molecular complexity index is 802. The number of oxazole rings is 1. The van der Waals surface area contributed by atoms with Crippen LogP contribution in [0.2, 0.25) is 0 Å². The largest absolute Gasteiger partial charge is 0.431 e. The van der Waals surface area contributed by atoms with Crippen molar-refractivity contribution < 1.29 is 9.21 Å². The number of carbonyl (C=O) groups is 1. The van der Waals surface area contributed by atoms with Gasteiger partial charge in [0.2, 0.25) is 11.0 Å². The van der Waals surface area contributed by atoms with E-state index in [1.165, 1.54) is 23.1 Å². The minimum Gasteiger partial charge on any atom is -0.431 e. The molecule has 23 heavy (non-hydrogen) atoms. The van der Waals surface area contributed by atoms with Crippen molar-refractivity contribution in [3.8, 4) is 0 Å². The Morgan fingerprint density at radius 3 is 2.78 bits per heavy atom. The molecular formula is C15H16N4O2S2. The topological polar surface area (TPSA) is 80.9 Å². The van der Waals surface area contributed by atoms with Gasteiger partial charge in [0.25, 0.3) is 5.22 Å². The van der Waals surface area contributed by atoms with E-state index in [2.05, 4.69) is 41.3 Å². The van der Waals surface area contributed by atoms with Gasteiger partial charge in [0.1, 0.15) is 10.5 Å². The molecule has 0 fully saturated rings. The third-order valence-electron chi connectivity index (χ3n) is 2.91. The SMILES string of the molecule is CC(C)(C)c1nnc(NC(=O)CSc2nc3ccccc3o2)s1. The molecule has 0 radical (unpaired) electrons. The van der Waals surface area contributed by atoms with E-state index in [0.29, 0.717) is 15.9 Å². The first kappa shape index (κ1) is 15.9. The van der Waals surface area contributed by atoms with Crippen molar-refractivity contribution >= 4 is 45.2 Å². The van der Waals surface area contributed by atoms with Crippen molar-refractivity contribution in [3.63, 3.8) is 0 Å². The van der Waals surface area contributed by atoms with Crippen LogP contribution in [0, 0.1) is 0 Å². The number of aromatic nitrogens is 3. The van der Waals surface area contributed by atoms with E-state index < -0.39 is 0 Å². The molecule has 0 atom stereocenters. The first-order chi connectivity index (χ1) is 10.9.